The zero-order valence-electron chi connectivity index (χ0n) is 19.7. The summed E-state index contributed by atoms with van der Waals surface area (Å²) >= 11 is 0. The van der Waals surface area contributed by atoms with Crippen LogP contribution in [0.1, 0.15) is 49.7 Å². The summed E-state index contributed by atoms with van der Waals surface area (Å²) in [7, 11) is -7.55. The van der Waals surface area contributed by atoms with Gasteiger partial charge in [0, 0.05) is 36.4 Å². The molecule has 0 spiro atoms. The average molecular weight is 532 g/mol. The molecule has 3 atom stereocenters. The third-order valence-corrected chi connectivity index (χ3v) is 11.1. The van der Waals surface area contributed by atoms with Crippen molar-refractivity contribution in [2.45, 2.75) is 60.4 Å². The Bertz CT molecular complexity index is 1450. The fourth-order valence-electron chi connectivity index (χ4n) is 6.25. The second kappa shape index (κ2) is 8.91. The number of ether oxygens (including phenoxy) is 1. The summed E-state index contributed by atoms with van der Waals surface area (Å²) in [5.41, 5.74) is 2.43. The highest BCUT2D eigenvalue weighted by molar-refractivity contribution is 7.89. The monoisotopic (exact) mass is 531 g/mol. The Labute approximate surface area is 211 Å². The molecule has 11 heteroatoms. The van der Waals surface area contributed by atoms with Gasteiger partial charge in [-0.2, -0.15) is 0 Å². The first-order chi connectivity index (χ1) is 17.2. The Morgan fingerprint density at radius 1 is 0.778 bits per heavy atom. The molecule has 3 aliphatic carbocycles. The normalized spacial score (nSPS) is 26.9. The van der Waals surface area contributed by atoms with E-state index in [-0.39, 0.29) is 27.6 Å². The molecule has 2 aromatic carbocycles. The van der Waals surface area contributed by atoms with E-state index < -0.39 is 20.0 Å². The van der Waals surface area contributed by atoms with E-state index in [1.165, 1.54) is 24.6 Å². The van der Waals surface area contributed by atoms with Crippen LogP contribution in [-0.4, -0.2) is 53.1 Å². The van der Waals surface area contributed by atoms with Crippen LogP contribution in [0.2, 0.25) is 0 Å². The number of nitrogens with one attached hydrogen (secondary N) is 2. The molecule has 1 aliphatic heterocycles. The minimum Gasteiger partial charge on any atom is -0.410 e. The summed E-state index contributed by atoms with van der Waals surface area (Å²) in [6, 6.07) is 9.18. The Hall–Kier alpha value is -2.31. The number of hydrogen-bond donors (Lipinski definition) is 3. The molecule has 36 heavy (non-hydrogen) atoms. The van der Waals surface area contributed by atoms with E-state index in [1.807, 2.05) is 0 Å². The Morgan fingerprint density at radius 2 is 1.39 bits per heavy atom. The maximum absolute atomic E-state index is 13.2. The zero-order valence-corrected chi connectivity index (χ0v) is 21.3. The fraction of sp³-hybridized carbons (Fsp3) is 0.480. The third-order valence-electron chi connectivity index (χ3n) is 8.09. The van der Waals surface area contributed by atoms with Gasteiger partial charge in [-0.15, -0.1) is 0 Å². The highest BCUT2D eigenvalue weighted by Gasteiger charge is 2.41. The van der Waals surface area contributed by atoms with Gasteiger partial charge in [-0.25, -0.2) is 26.3 Å². The highest BCUT2D eigenvalue weighted by atomic mass is 32.2. The lowest BCUT2D eigenvalue weighted by Crippen LogP contribution is -2.38. The molecule has 0 radical (unpaired) electrons. The fourth-order valence-corrected chi connectivity index (χ4v) is 8.93. The number of benzene rings is 2. The number of oxime groups is 1. The molecule has 6 rings (SSSR count). The second-order valence-electron chi connectivity index (χ2n) is 10.3. The van der Waals surface area contributed by atoms with Crippen molar-refractivity contribution in [3.8, 4) is 11.1 Å². The van der Waals surface area contributed by atoms with Crippen LogP contribution in [0.5, 0.6) is 0 Å². The first kappa shape index (κ1) is 24.1. The lowest BCUT2D eigenvalue weighted by Gasteiger charge is -2.23. The topological polar surface area (TPSA) is 134 Å². The van der Waals surface area contributed by atoms with Crippen molar-refractivity contribution in [2.24, 2.45) is 17.0 Å². The summed E-state index contributed by atoms with van der Waals surface area (Å²) in [5, 5.41) is 13.3. The molecule has 3 fully saturated rings. The van der Waals surface area contributed by atoms with E-state index >= 15 is 0 Å². The molecule has 2 aromatic rings. The molecule has 192 valence electrons. The standard InChI is InChI=1S/C25H29N3O6S2/c29-26-25-22-13-18(35(30,31)27-17-7-9-34-10-8-17)3-5-20(22)21-6-4-19(14-23(21)25)36(32,33)28-24-12-15-1-2-16(24)11-15/h3-6,13-17,24,27-29H,1-2,7-12H2. The molecule has 9 nitrogen and oxygen atoms in total. The van der Waals surface area contributed by atoms with E-state index in [0.717, 1.165) is 19.3 Å². The quantitative estimate of drug-likeness (QED) is 0.331. The second-order valence-corrected chi connectivity index (χ2v) is 13.7. The molecule has 0 aromatic heterocycles. The van der Waals surface area contributed by atoms with Crippen molar-refractivity contribution in [2.75, 3.05) is 13.2 Å². The van der Waals surface area contributed by atoms with Crippen molar-refractivity contribution in [3.63, 3.8) is 0 Å². The number of sulfonamides is 2. The van der Waals surface area contributed by atoms with Crippen LogP contribution in [0.4, 0.5) is 0 Å². The van der Waals surface area contributed by atoms with Gasteiger partial charge in [-0.3, -0.25) is 0 Å². The molecular weight excluding hydrogens is 502 g/mol. The minimum atomic E-state index is -3.80. The first-order valence-corrected chi connectivity index (χ1v) is 15.4. The van der Waals surface area contributed by atoms with Crippen molar-refractivity contribution < 1.29 is 26.8 Å². The van der Waals surface area contributed by atoms with Crippen LogP contribution in [0.25, 0.3) is 11.1 Å². The van der Waals surface area contributed by atoms with Crippen molar-refractivity contribution in [1.29, 1.82) is 0 Å². The van der Waals surface area contributed by atoms with Gasteiger partial charge in [0.15, 0.2) is 0 Å². The molecule has 0 amide bonds. The van der Waals surface area contributed by atoms with E-state index in [1.54, 1.807) is 18.2 Å². The van der Waals surface area contributed by atoms with Crippen molar-refractivity contribution >= 4 is 25.8 Å². The number of hydrogen-bond acceptors (Lipinski definition) is 7. The van der Waals surface area contributed by atoms with Crippen LogP contribution in [0, 0.1) is 11.8 Å². The maximum atomic E-state index is 13.2. The van der Waals surface area contributed by atoms with Gasteiger partial charge in [0.1, 0.15) is 5.71 Å². The van der Waals surface area contributed by atoms with E-state index in [4.69, 9.17) is 4.74 Å². The molecule has 2 saturated carbocycles. The van der Waals surface area contributed by atoms with Gasteiger partial charge in [-0.1, -0.05) is 23.7 Å². The SMILES string of the molecule is O=S(=O)(NC1CCOCC1)c1ccc2c(c1)C(=NO)c1cc(S(=O)(=O)NC3CC4CCC3C4)ccc1-2. The molecule has 3 N–H and O–H groups in total. The van der Waals surface area contributed by atoms with Gasteiger partial charge >= 0.3 is 0 Å². The summed E-state index contributed by atoms with van der Waals surface area (Å²) in [6.45, 7) is 1.02. The van der Waals surface area contributed by atoms with E-state index in [2.05, 4.69) is 14.6 Å². The van der Waals surface area contributed by atoms with Crippen LogP contribution >= 0.6 is 0 Å². The average Bonchev–Trinajstić information content (AvgIpc) is 3.56. The smallest absolute Gasteiger partial charge is 0.240 e. The molecule has 4 aliphatic rings. The van der Waals surface area contributed by atoms with Crippen LogP contribution in [-0.2, 0) is 24.8 Å². The molecule has 1 saturated heterocycles. The Kier molecular flexibility index (Phi) is 5.95. The summed E-state index contributed by atoms with van der Waals surface area (Å²) < 4.78 is 63.4. The number of fused-ring (bicyclic) bond motifs is 5. The van der Waals surface area contributed by atoms with Gasteiger partial charge in [-0.05, 0) is 79.3 Å². The molecule has 2 bridgehead atoms. The predicted octanol–water partition coefficient (Wildman–Crippen LogP) is 2.82. The van der Waals surface area contributed by atoms with Crippen molar-refractivity contribution in [3.05, 3.63) is 47.5 Å². The Balaban J connectivity index is 1.29. The lowest BCUT2D eigenvalue weighted by atomic mass is 9.96. The largest absolute Gasteiger partial charge is 0.410 e. The molecular formula is C25H29N3O6S2. The van der Waals surface area contributed by atoms with Gasteiger partial charge in [0.05, 0.1) is 9.79 Å². The van der Waals surface area contributed by atoms with Gasteiger partial charge in [0.2, 0.25) is 20.0 Å². The summed E-state index contributed by atoms with van der Waals surface area (Å²) in [6.07, 6.45) is 5.41. The predicted molar refractivity (Wildman–Crippen MR) is 133 cm³/mol. The lowest BCUT2D eigenvalue weighted by molar-refractivity contribution is 0.0832. The van der Waals surface area contributed by atoms with Crippen LogP contribution in [0.3, 0.4) is 0 Å². The maximum Gasteiger partial charge on any atom is 0.240 e. The highest BCUT2D eigenvalue weighted by Crippen LogP contribution is 2.45. The van der Waals surface area contributed by atoms with Gasteiger partial charge < -0.3 is 9.94 Å². The number of nitrogens with zero attached hydrogens (tertiary/aromatic N) is 1. The van der Waals surface area contributed by atoms with E-state index in [0.29, 0.717) is 60.1 Å². The molecule has 3 unspecified atom stereocenters. The third kappa shape index (κ3) is 4.16. The van der Waals surface area contributed by atoms with E-state index in [9.17, 15) is 22.0 Å². The van der Waals surface area contributed by atoms with Crippen LogP contribution in [0.15, 0.2) is 51.3 Å². The molecule has 1 heterocycles. The summed E-state index contributed by atoms with van der Waals surface area (Å²) in [4.78, 5) is 0.166. The van der Waals surface area contributed by atoms with Crippen molar-refractivity contribution in [1.82, 2.24) is 9.44 Å². The van der Waals surface area contributed by atoms with Gasteiger partial charge in [0.25, 0.3) is 0 Å². The Morgan fingerprint density at radius 3 is 1.92 bits per heavy atom. The summed E-state index contributed by atoms with van der Waals surface area (Å²) in [5.74, 6) is 1.00. The minimum absolute atomic E-state index is 0.0406. The van der Waals surface area contributed by atoms with Crippen LogP contribution < -0.4 is 9.44 Å². The first-order valence-electron chi connectivity index (χ1n) is 12.4. The zero-order chi connectivity index (χ0) is 25.1. The number of rotatable bonds is 6.